The number of piperazine rings is 1. The number of aromatic nitrogens is 2. The number of amides is 2. The molecule has 1 aliphatic heterocycles. The van der Waals surface area contributed by atoms with Gasteiger partial charge in [-0.1, -0.05) is 30.3 Å². The van der Waals surface area contributed by atoms with Crippen molar-refractivity contribution in [1.29, 1.82) is 0 Å². The molecule has 2 amide bonds. The van der Waals surface area contributed by atoms with Gasteiger partial charge in [-0.3, -0.25) is 4.90 Å². The molecule has 3 rings (SSSR count). The number of imidazole rings is 1. The minimum Gasteiger partial charge on any atom is -0.335 e. The molecule has 6 heteroatoms. The first-order chi connectivity index (χ1) is 12.1. The van der Waals surface area contributed by atoms with Crippen LogP contribution in [0.4, 0.5) is 4.79 Å². The van der Waals surface area contributed by atoms with Crippen molar-refractivity contribution in [3.8, 4) is 0 Å². The number of rotatable bonds is 5. The Morgan fingerprint density at radius 1 is 1.32 bits per heavy atom. The Labute approximate surface area is 149 Å². The topological polar surface area (TPSA) is 53.4 Å². The van der Waals surface area contributed by atoms with Gasteiger partial charge in [0.2, 0.25) is 0 Å². The van der Waals surface area contributed by atoms with Gasteiger partial charge in [-0.2, -0.15) is 0 Å². The first-order valence-corrected chi connectivity index (χ1v) is 8.91. The van der Waals surface area contributed by atoms with Crippen molar-refractivity contribution in [3.05, 3.63) is 54.6 Å². The van der Waals surface area contributed by atoms with Crippen molar-refractivity contribution in [3.63, 3.8) is 0 Å². The minimum atomic E-state index is 0.0273. The van der Waals surface area contributed by atoms with Crippen LogP contribution in [0.15, 0.2) is 49.1 Å². The number of hydrogen-bond donors (Lipinski definition) is 1. The highest BCUT2D eigenvalue weighted by Gasteiger charge is 2.27. The van der Waals surface area contributed by atoms with Crippen LogP contribution < -0.4 is 5.32 Å². The molecule has 0 spiro atoms. The standard InChI is InChI=1S/C19H27N5O/c1-16(12-23-9-8-20-15-23)21-19(25)24-11-10-22(13-17(24)2)14-18-6-4-3-5-7-18/h3-9,15-17H,10-14H2,1-2H3,(H,21,25)/t16-,17-/m1/s1. The molecule has 1 fully saturated rings. The Morgan fingerprint density at radius 3 is 2.80 bits per heavy atom. The van der Waals surface area contributed by atoms with Gasteiger partial charge in [-0.05, 0) is 19.4 Å². The summed E-state index contributed by atoms with van der Waals surface area (Å²) in [6.45, 7) is 8.38. The summed E-state index contributed by atoms with van der Waals surface area (Å²) in [4.78, 5) is 21.0. The highest BCUT2D eigenvalue weighted by Crippen LogP contribution is 2.13. The highest BCUT2D eigenvalue weighted by atomic mass is 16.2. The SMILES string of the molecule is C[C@H](Cn1ccnc1)NC(=O)N1CCN(Cc2ccccc2)C[C@H]1C. The lowest BCUT2D eigenvalue weighted by atomic mass is 10.1. The quantitative estimate of drug-likeness (QED) is 0.907. The minimum absolute atomic E-state index is 0.0273. The van der Waals surface area contributed by atoms with Crippen molar-refractivity contribution in [2.45, 2.75) is 39.0 Å². The Morgan fingerprint density at radius 2 is 2.12 bits per heavy atom. The number of nitrogens with one attached hydrogen (secondary N) is 1. The van der Waals surface area contributed by atoms with Crippen LogP contribution in [0.1, 0.15) is 19.4 Å². The molecule has 2 heterocycles. The highest BCUT2D eigenvalue weighted by molar-refractivity contribution is 5.75. The van der Waals surface area contributed by atoms with Crippen LogP contribution in [0.2, 0.25) is 0 Å². The fourth-order valence-corrected chi connectivity index (χ4v) is 3.37. The predicted octanol–water partition coefficient (Wildman–Crippen LogP) is 2.19. The van der Waals surface area contributed by atoms with Crippen LogP contribution in [0.25, 0.3) is 0 Å². The summed E-state index contributed by atoms with van der Waals surface area (Å²) in [5, 5.41) is 3.10. The summed E-state index contributed by atoms with van der Waals surface area (Å²) in [6, 6.07) is 10.8. The van der Waals surface area contributed by atoms with Gasteiger partial charge in [0.25, 0.3) is 0 Å². The second kappa shape index (κ2) is 8.16. The van der Waals surface area contributed by atoms with Crippen molar-refractivity contribution in [2.24, 2.45) is 0 Å². The summed E-state index contributed by atoms with van der Waals surface area (Å²) in [7, 11) is 0. The van der Waals surface area contributed by atoms with E-state index in [0.29, 0.717) is 0 Å². The predicted molar refractivity (Wildman–Crippen MR) is 98.1 cm³/mol. The number of carbonyl (C=O) groups is 1. The molecule has 2 aromatic rings. The number of urea groups is 1. The molecule has 25 heavy (non-hydrogen) atoms. The van der Waals surface area contributed by atoms with Crippen molar-refractivity contribution in [1.82, 2.24) is 24.7 Å². The van der Waals surface area contributed by atoms with E-state index >= 15 is 0 Å². The van der Waals surface area contributed by atoms with Gasteiger partial charge in [0.15, 0.2) is 0 Å². The Kier molecular flexibility index (Phi) is 5.71. The molecular formula is C19H27N5O. The number of hydrogen-bond acceptors (Lipinski definition) is 3. The monoisotopic (exact) mass is 341 g/mol. The maximum atomic E-state index is 12.6. The van der Waals surface area contributed by atoms with Crippen LogP contribution in [0.3, 0.4) is 0 Å². The molecule has 1 aromatic carbocycles. The van der Waals surface area contributed by atoms with E-state index in [0.717, 1.165) is 32.7 Å². The second-order valence-corrected chi connectivity index (χ2v) is 6.87. The molecule has 0 aliphatic carbocycles. The van der Waals surface area contributed by atoms with E-state index in [1.165, 1.54) is 5.56 Å². The van der Waals surface area contributed by atoms with E-state index in [4.69, 9.17) is 0 Å². The van der Waals surface area contributed by atoms with Crippen LogP contribution in [-0.4, -0.2) is 57.1 Å². The van der Waals surface area contributed by atoms with Crippen LogP contribution in [-0.2, 0) is 13.1 Å². The molecule has 0 saturated carbocycles. The maximum Gasteiger partial charge on any atom is 0.317 e. The molecular weight excluding hydrogens is 314 g/mol. The molecule has 6 nitrogen and oxygen atoms in total. The van der Waals surface area contributed by atoms with E-state index in [1.54, 1.807) is 12.5 Å². The molecule has 0 unspecified atom stereocenters. The average molecular weight is 341 g/mol. The van der Waals surface area contributed by atoms with Gasteiger partial charge in [0.05, 0.1) is 6.33 Å². The molecule has 2 atom stereocenters. The Bertz CT molecular complexity index is 658. The number of benzene rings is 1. The van der Waals surface area contributed by atoms with E-state index in [9.17, 15) is 4.79 Å². The normalized spacial score (nSPS) is 19.6. The summed E-state index contributed by atoms with van der Waals surface area (Å²) < 4.78 is 1.98. The molecule has 1 N–H and O–H groups in total. The zero-order chi connectivity index (χ0) is 17.6. The van der Waals surface area contributed by atoms with E-state index in [-0.39, 0.29) is 18.1 Å². The lowest BCUT2D eigenvalue weighted by molar-refractivity contribution is 0.0959. The molecule has 1 aliphatic rings. The van der Waals surface area contributed by atoms with Crippen molar-refractivity contribution in [2.75, 3.05) is 19.6 Å². The number of carbonyl (C=O) groups excluding carboxylic acids is 1. The zero-order valence-electron chi connectivity index (χ0n) is 15.0. The largest absolute Gasteiger partial charge is 0.335 e. The van der Waals surface area contributed by atoms with Crippen LogP contribution in [0, 0.1) is 0 Å². The summed E-state index contributed by atoms with van der Waals surface area (Å²) in [6.07, 6.45) is 5.43. The second-order valence-electron chi connectivity index (χ2n) is 6.87. The summed E-state index contributed by atoms with van der Waals surface area (Å²) in [5.41, 5.74) is 1.32. The Balaban J connectivity index is 1.48. The molecule has 1 aromatic heterocycles. The smallest absolute Gasteiger partial charge is 0.317 e. The maximum absolute atomic E-state index is 12.6. The van der Waals surface area contributed by atoms with Gasteiger partial charge in [0.1, 0.15) is 0 Å². The van der Waals surface area contributed by atoms with E-state index in [2.05, 4.69) is 46.4 Å². The van der Waals surface area contributed by atoms with E-state index in [1.807, 2.05) is 28.7 Å². The first kappa shape index (κ1) is 17.5. The molecule has 1 saturated heterocycles. The fraction of sp³-hybridized carbons (Fsp3) is 0.474. The number of nitrogens with zero attached hydrogens (tertiary/aromatic N) is 4. The third-order valence-electron chi connectivity index (χ3n) is 4.64. The summed E-state index contributed by atoms with van der Waals surface area (Å²) >= 11 is 0. The van der Waals surface area contributed by atoms with Gasteiger partial charge in [0, 0.05) is 57.2 Å². The van der Waals surface area contributed by atoms with Gasteiger partial charge in [-0.25, -0.2) is 9.78 Å². The summed E-state index contributed by atoms with van der Waals surface area (Å²) in [5.74, 6) is 0. The van der Waals surface area contributed by atoms with Gasteiger partial charge in [-0.15, -0.1) is 0 Å². The lowest BCUT2D eigenvalue weighted by Gasteiger charge is -2.40. The van der Waals surface area contributed by atoms with Crippen LogP contribution in [0.5, 0.6) is 0 Å². The average Bonchev–Trinajstić information content (AvgIpc) is 3.08. The van der Waals surface area contributed by atoms with Crippen molar-refractivity contribution < 1.29 is 4.79 Å². The van der Waals surface area contributed by atoms with Crippen molar-refractivity contribution >= 4 is 6.03 Å². The molecule has 134 valence electrons. The molecule has 0 radical (unpaired) electrons. The Hall–Kier alpha value is -2.34. The van der Waals surface area contributed by atoms with E-state index < -0.39 is 0 Å². The van der Waals surface area contributed by atoms with Gasteiger partial charge < -0.3 is 14.8 Å². The zero-order valence-corrected chi connectivity index (χ0v) is 15.0. The third-order valence-corrected chi connectivity index (χ3v) is 4.64. The lowest BCUT2D eigenvalue weighted by Crippen LogP contribution is -2.57. The third kappa shape index (κ3) is 4.82. The first-order valence-electron chi connectivity index (χ1n) is 8.91. The fourth-order valence-electron chi connectivity index (χ4n) is 3.37. The molecule has 0 bridgehead atoms. The van der Waals surface area contributed by atoms with Crippen LogP contribution >= 0.6 is 0 Å². The van der Waals surface area contributed by atoms with Gasteiger partial charge >= 0.3 is 6.03 Å².